The van der Waals surface area contributed by atoms with Crippen molar-refractivity contribution in [2.24, 2.45) is 0 Å². The molecule has 0 bridgehead atoms. The number of aromatic nitrogens is 4. The van der Waals surface area contributed by atoms with Crippen molar-refractivity contribution in [1.29, 1.82) is 0 Å². The highest BCUT2D eigenvalue weighted by molar-refractivity contribution is 7.13. The quantitative estimate of drug-likeness (QED) is 0.414. The average molecular weight is 481 g/mol. The third-order valence-electron chi connectivity index (χ3n) is 5.45. The molecule has 1 aromatic carbocycles. The van der Waals surface area contributed by atoms with Crippen molar-refractivity contribution in [1.82, 2.24) is 29.9 Å². The van der Waals surface area contributed by atoms with Crippen molar-refractivity contribution in [2.75, 3.05) is 26.2 Å². The van der Waals surface area contributed by atoms with Gasteiger partial charge in [-0.25, -0.2) is 4.98 Å². The van der Waals surface area contributed by atoms with E-state index in [1.165, 1.54) is 11.3 Å². The van der Waals surface area contributed by atoms with E-state index in [1.807, 2.05) is 34.5 Å². The largest absolute Gasteiger partial charge is 0.340 e. The van der Waals surface area contributed by atoms with Crippen LogP contribution >= 0.6 is 22.9 Å². The van der Waals surface area contributed by atoms with Crippen LogP contribution in [0.5, 0.6) is 0 Å². The average Bonchev–Trinajstić information content (AvgIpc) is 3.51. The first-order valence-electron chi connectivity index (χ1n) is 10.6. The highest BCUT2D eigenvalue weighted by atomic mass is 35.5. The Morgan fingerprint density at radius 3 is 2.64 bits per heavy atom. The normalized spacial score (nSPS) is 14.5. The molecule has 0 unspecified atom stereocenters. The van der Waals surface area contributed by atoms with Gasteiger partial charge < -0.3 is 9.42 Å². The molecule has 8 nitrogen and oxygen atoms in total. The summed E-state index contributed by atoms with van der Waals surface area (Å²) in [6.07, 6.45) is 3.83. The van der Waals surface area contributed by atoms with Crippen LogP contribution in [-0.4, -0.2) is 62.0 Å². The summed E-state index contributed by atoms with van der Waals surface area (Å²) in [7, 11) is 0. The molecule has 1 aliphatic heterocycles. The summed E-state index contributed by atoms with van der Waals surface area (Å²) < 4.78 is 5.42. The molecule has 0 atom stereocenters. The maximum atomic E-state index is 12.8. The number of pyridine rings is 1. The highest BCUT2D eigenvalue weighted by Crippen LogP contribution is 2.23. The lowest BCUT2D eigenvalue weighted by Crippen LogP contribution is -2.48. The molecular weight excluding hydrogens is 460 g/mol. The molecule has 0 spiro atoms. The maximum Gasteiger partial charge on any atom is 0.241 e. The van der Waals surface area contributed by atoms with E-state index in [1.54, 1.807) is 24.5 Å². The fraction of sp³-hybridized carbons (Fsp3) is 0.261. The van der Waals surface area contributed by atoms with Gasteiger partial charge in [-0.15, -0.1) is 11.3 Å². The van der Waals surface area contributed by atoms with Crippen molar-refractivity contribution < 1.29 is 9.32 Å². The first kappa shape index (κ1) is 21.7. The number of hydrogen-bond acceptors (Lipinski definition) is 8. The Morgan fingerprint density at radius 2 is 1.88 bits per heavy atom. The third kappa shape index (κ3) is 5.27. The van der Waals surface area contributed by atoms with Crippen LogP contribution in [0, 0.1) is 0 Å². The molecule has 0 radical (unpaired) electrons. The SMILES string of the molecule is O=C(Cc1csc(-c2cccnc2)n1)N1CCN(Cc2nc(-c3ccc(Cl)cc3)no2)CC1. The van der Waals surface area contributed by atoms with Gasteiger partial charge in [0, 0.05) is 60.1 Å². The zero-order valence-electron chi connectivity index (χ0n) is 17.7. The topological polar surface area (TPSA) is 88.3 Å². The van der Waals surface area contributed by atoms with E-state index in [9.17, 15) is 4.79 Å². The van der Waals surface area contributed by atoms with E-state index < -0.39 is 0 Å². The van der Waals surface area contributed by atoms with Gasteiger partial charge in [0.05, 0.1) is 18.7 Å². The molecule has 1 aliphatic rings. The Balaban J connectivity index is 1.12. The summed E-state index contributed by atoms with van der Waals surface area (Å²) >= 11 is 7.47. The summed E-state index contributed by atoms with van der Waals surface area (Å²) in [5.74, 6) is 1.20. The number of thiazole rings is 1. The molecule has 1 saturated heterocycles. The van der Waals surface area contributed by atoms with Gasteiger partial charge in [0.1, 0.15) is 5.01 Å². The van der Waals surface area contributed by atoms with Crippen molar-refractivity contribution >= 4 is 28.8 Å². The van der Waals surface area contributed by atoms with E-state index in [-0.39, 0.29) is 5.91 Å². The van der Waals surface area contributed by atoms with Crippen molar-refractivity contribution in [3.05, 3.63) is 70.8 Å². The van der Waals surface area contributed by atoms with E-state index in [2.05, 4.69) is 25.0 Å². The molecule has 1 fully saturated rings. The zero-order valence-corrected chi connectivity index (χ0v) is 19.3. The number of amides is 1. The molecule has 0 saturated carbocycles. The highest BCUT2D eigenvalue weighted by Gasteiger charge is 2.23. The van der Waals surface area contributed by atoms with Gasteiger partial charge in [0.15, 0.2) is 0 Å². The van der Waals surface area contributed by atoms with Crippen LogP contribution in [0.2, 0.25) is 5.02 Å². The third-order valence-corrected chi connectivity index (χ3v) is 6.64. The van der Waals surface area contributed by atoms with Gasteiger partial charge in [0.2, 0.25) is 17.6 Å². The van der Waals surface area contributed by atoms with Gasteiger partial charge >= 0.3 is 0 Å². The first-order chi connectivity index (χ1) is 16.1. The van der Waals surface area contributed by atoms with E-state index in [0.29, 0.717) is 42.8 Å². The van der Waals surface area contributed by atoms with Crippen LogP contribution in [0.3, 0.4) is 0 Å². The van der Waals surface area contributed by atoms with Crippen LogP contribution in [-0.2, 0) is 17.8 Å². The van der Waals surface area contributed by atoms with E-state index >= 15 is 0 Å². The zero-order chi connectivity index (χ0) is 22.6. The predicted octanol–water partition coefficient (Wildman–Crippen LogP) is 3.80. The Hall–Kier alpha value is -3.14. The molecule has 168 valence electrons. The predicted molar refractivity (Wildman–Crippen MR) is 126 cm³/mol. The molecule has 4 aromatic rings. The smallest absolute Gasteiger partial charge is 0.241 e. The Bertz CT molecular complexity index is 1220. The summed E-state index contributed by atoms with van der Waals surface area (Å²) in [5, 5.41) is 7.56. The molecular formula is C23H21ClN6O2S. The molecule has 0 aliphatic carbocycles. The van der Waals surface area contributed by atoms with Gasteiger partial charge in [0.25, 0.3) is 0 Å². The standard InChI is InChI=1S/C23H21ClN6O2S/c24-18-5-3-16(4-6-18)22-27-20(32-28-22)14-29-8-10-30(11-9-29)21(31)12-19-15-33-23(26-19)17-2-1-7-25-13-17/h1-7,13,15H,8-12,14H2. The van der Waals surface area contributed by atoms with Crippen molar-refractivity contribution in [3.8, 4) is 22.0 Å². The van der Waals surface area contributed by atoms with Gasteiger partial charge in [-0.2, -0.15) is 4.98 Å². The number of halogens is 1. The number of carbonyl (C=O) groups excluding carboxylic acids is 1. The molecule has 5 rings (SSSR count). The second-order valence-corrected chi connectivity index (χ2v) is 9.03. The maximum absolute atomic E-state index is 12.8. The first-order valence-corrected chi connectivity index (χ1v) is 11.8. The minimum absolute atomic E-state index is 0.0977. The van der Waals surface area contributed by atoms with Crippen LogP contribution in [0.25, 0.3) is 22.0 Å². The Kier molecular flexibility index (Phi) is 6.43. The van der Waals surface area contributed by atoms with Gasteiger partial charge in [-0.1, -0.05) is 16.8 Å². The van der Waals surface area contributed by atoms with Crippen molar-refractivity contribution in [2.45, 2.75) is 13.0 Å². The summed E-state index contributed by atoms with van der Waals surface area (Å²) in [6, 6.07) is 11.2. The van der Waals surface area contributed by atoms with Crippen molar-refractivity contribution in [3.63, 3.8) is 0 Å². The van der Waals surface area contributed by atoms with E-state index in [0.717, 1.165) is 34.9 Å². The Morgan fingerprint density at radius 1 is 1.06 bits per heavy atom. The molecule has 10 heteroatoms. The number of rotatable bonds is 6. The second-order valence-electron chi connectivity index (χ2n) is 7.74. The number of carbonyl (C=O) groups is 1. The number of benzene rings is 1. The summed E-state index contributed by atoms with van der Waals surface area (Å²) in [6.45, 7) is 3.39. The fourth-order valence-corrected chi connectivity index (χ4v) is 4.60. The van der Waals surface area contributed by atoms with Gasteiger partial charge in [-0.05, 0) is 36.4 Å². The lowest BCUT2D eigenvalue weighted by molar-refractivity contribution is -0.132. The van der Waals surface area contributed by atoms with Crippen LogP contribution < -0.4 is 0 Å². The minimum Gasteiger partial charge on any atom is -0.340 e. The molecule has 3 aromatic heterocycles. The lowest BCUT2D eigenvalue weighted by atomic mass is 10.2. The number of nitrogens with zero attached hydrogens (tertiary/aromatic N) is 6. The minimum atomic E-state index is 0.0977. The Labute approximate surface area is 199 Å². The summed E-state index contributed by atoms with van der Waals surface area (Å²) in [4.78, 5) is 30.1. The number of hydrogen-bond donors (Lipinski definition) is 0. The molecule has 0 N–H and O–H groups in total. The van der Waals surface area contributed by atoms with Crippen LogP contribution in [0.15, 0.2) is 58.7 Å². The molecule has 4 heterocycles. The molecule has 1 amide bonds. The lowest BCUT2D eigenvalue weighted by Gasteiger charge is -2.33. The van der Waals surface area contributed by atoms with Crippen LogP contribution in [0.1, 0.15) is 11.6 Å². The van der Waals surface area contributed by atoms with E-state index in [4.69, 9.17) is 16.1 Å². The fourth-order valence-electron chi connectivity index (χ4n) is 3.66. The van der Waals surface area contributed by atoms with Crippen LogP contribution in [0.4, 0.5) is 0 Å². The van der Waals surface area contributed by atoms with Gasteiger partial charge in [-0.3, -0.25) is 14.7 Å². The molecule has 33 heavy (non-hydrogen) atoms. The number of piperazine rings is 1. The second kappa shape index (κ2) is 9.78. The summed E-state index contributed by atoms with van der Waals surface area (Å²) in [5.41, 5.74) is 2.63. The monoisotopic (exact) mass is 480 g/mol.